The highest BCUT2D eigenvalue weighted by molar-refractivity contribution is 5.98. The number of carboxylic acids is 1. The van der Waals surface area contributed by atoms with Gasteiger partial charge in [0.2, 0.25) is 0 Å². The largest absolute Gasteiger partial charge is 0.478 e. The van der Waals surface area contributed by atoms with Gasteiger partial charge in [0, 0.05) is 18.1 Å². The van der Waals surface area contributed by atoms with Crippen molar-refractivity contribution in [2.45, 2.75) is 19.8 Å². The van der Waals surface area contributed by atoms with E-state index in [1.165, 1.54) is 0 Å². The van der Waals surface area contributed by atoms with Crippen molar-refractivity contribution in [3.8, 4) is 0 Å². The van der Waals surface area contributed by atoms with E-state index in [2.05, 4.69) is 17.2 Å². The van der Waals surface area contributed by atoms with Crippen LogP contribution >= 0.6 is 0 Å². The predicted molar refractivity (Wildman–Crippen MR) is 72.1 cm³/mol. The molecule has 0 amide bonds. The summed E-state index contributed by atoms with van der Waals surface area (Å²) in [4.78, 5) is 15.3. The third kappa shape index (κ3) is 2.59. The third-order valence-electron chi connectivity index (χ3n) is 2.84. The van der Waals surface area contributed by atoms with E-state index in [4.69, 9.17) is 5.11 Å². The third-order valence-corrected chi connectivity index (χ3v) is 2.84. The Morgan fingerprint density at radius 3 is 2.94 bits per heavy atom. The van der Waals surface area contributed by atoms with Gasteiger partial charge >= 0.3 is 5.97 Å². The van der Waals surface area contributed by atoms with Crippen molar-refractivity contribution >= 4 is 22.6 Å². The molecular formula is C14H16N2O2. The van der Waals surface area contributed by atoms with Crippen LogP contribution in [0.15, 0.2) is 30.5 Å². The molecule has 0 aliphatic heterocycles. The van der Waals surface area contributed by atoms with Crippen molar-refractivity contribution in [1.82, 2.24) is 4.98 Å². The topological polar surface area (TPSA) is 62.2 Å². The van der Waals surface area contributed by atoms with E-state index in [1.54, 1.807) is 18.3 Å². The van der Waals surface area contributed by atoms with Gasteiger partial charge < -0.3 is 10.4 Å². The van der Waals surface area contributed by atoms with Gasteiger partial charge in [-0.15, -0.1) is 0 Å². The average molecular weight is 244 g/mol. The summed E-state index contributed by atoms with van der Waals surface area (Å²) in [6.07, 6.45) is 3.91. The van der Waals surface area contributed by atoms with Crippen LogP contribution in [0.5, 0.6) is 0 Å². The lowest BCUT2D eigenvalue weighted by molar-refractivity contribution is 0.0697. The maximum absolute atomic E-state index is 11.0. The van der Waals surface area contributed by atoms with E-state index < -0.39 is 5.97 Å². The number of aromatic carboxylic acids is 1. The fourth-order valence-corrected chi connectivity index (χ4v) is 1.83. The zero-order chi connectivity index (χ0) is 13.0. The van der Waals surface area contributed by atoms with E-state index >= 15 is 0 Å². The lowest BCUT2D eigenvalue weighted by atomic mass is 10.1. The van der Waals surface area contributed by atoms with Gasteiger partial charge in [-0.1, -0.05) is 19.4 Å². The minimum atomic E-state index is -0.916. The van der Waals surface area contributed by atoms with Gasteiger partial charge in [-0.2, -0.15) is 0 Å². The molecule has 0 saturated carbocycles. The number of nitrogens with one attached hydrogen (secondary N) is 1. The number of fused-ring (bicyclic) bond motifs is 1. The molecule has 2 N–H and O–H groups in total. The first kappa shape index (κ1) is 12.4. The molecule has 0 atom stereocenters. The highest BCUT2D eigenvalue weighted by Crippen LogP contribution is 2.22. The maximum atomic E-state index is 11.0. The smallest absolute Gasteiger partial charge is 0.335 e. The van der Waals surface area contributed by atoms with Crippen molar-refractivity contribution in [3.05, 3.63) is 36.0 Å². The Morgan fingerprint density at radius 1 is 1.39 bits per heavy atom. The number of carbonyl (C=O) groups is 1. The summed E-state index contributed by atoms with van der Waals surface area (Å²) in [6.45, 7) is 2.97. The number of pyridine rings is 1. The summed E-state index contributed by atoms with van der Waals surface area (Å²) in [5.74, 6) is -0.163. The number of nitrogens with zero attached hydrogens (tertiary/aromatic N) is 1. The second-order valence-corrected chi connectivity index (χ2v) is 4.18. The van der Waals surface area contributed by atoms with Crippen molar-refractivity contribution in [2.75, 3.05) is 11.9 Å². The molecule has 1 heterocycles. The zero-order valence-electron chi connectivity index (χ0n) is 10.3. The number of anilines is 1. The second-order valence-electron chi connectivity index (χ2n) is 4.18. The zero-order valence-corrected chi connectivity index (χ0v) is 10.3. The second kappa shape index (κ2) is 5.49. The van der Waals surface area contributed by atoms with Crippen molar-refractivity contribution in [2.24, 2.45) is 0 Å². The van der Waals surface area contributed by atoms with Gasteiger partial charge in [0.15, 0.2) is 0 Å². The summed E-state index contributed by atoms with van der Waals surface area (Å²) in [5, 5.41) is 14.1. The van der Waals surface area contributed by atoms with Gasteiger partial charge in [-0.05, 0) is 30.0 Å². The van der Waals surface area contributed by atoms with Gasteiger partial charge in [0.1, 0.15) is 5.82 Å². The summed E-state index contributed by atoms with van der Waals surface area (Å²) in [6, 6.07) is 6.97. The number of hydrogen-bond acceptors (Lipinski definition) is 3. The average Bonchev–Trinajstić information content (AvgIpc) is 2.38. The predicted octanol–water partition coefficient (Wildman–Crippen LogP) is 3.15. The van der Waals surface area contributed by atoms with Gasteiger partial charge in [-0.3, -0.25) is 0 Å². The Bertz CT molecular complexity index is 567. The van der Waals surface area contributed by atoms with Gasteiger partial charge in [0.25, 0.3) is 0 Å². The van der Waals surface area contributed by atoms with Crippen LogP contribution in [0, 0.1) is 0 Å². The highest BCUT2D eigenvalue weighted by atomic mass is 16.4. The fraction of sp³-hybridized carbons (Fsp3) is 0.286. The van der Waals surface area contributed by atoms with Crippen LogP contribution < -0.4 is 5.32 Å². The Labute approximate surface area is 106 Å². The van der Waals surface area contributed by atoms with E-state index in [9.17, 15) is 4.79 Å². The Balaban J connectivity index is 2.39. The van der Waals surface area contributed by atoms with Crippen molar-refractivity contribution in [3.63, 3.8) is 0 Å². The van der Waals surface area contributed by atoms with E-state index in [0.717, 1.165) is 36.0 Å². The minimum Gasteiger partial charge on any atom is -0.478 e. The molecule has 4 heteroatoms. The number of carboxylic acid groups (broad SMARTS) is 1. The van der Waals surface area contributed by atoms with Gasteiger partial charge in [-0.25, -0.2) is 9.78 Å². The molecule has 2 rings (SSSR count). The molecule has 0 fully saturated rings. The summed E-state index contributed by atoms with van der Waals surface area (Å²) in [7, 11) is 0. The lowest BCUT2D eigenvalue weighted by Gasteiger charge is -2.08. The number of benzene rings is 1. The summed E-state index contributed by atoms with van der Waals surface area (Å²) in [5.41, 5.74) is 0.286. The normalized spacial score (nSPS) is 10.5. The van der Waals surface area contributed by atoms with E-state index in [1.807, 2.05) is 12.1 Å². The molecule has 4 nitrogen and oxygen atoms in total. The molecule has 0 aliphatic rings. The molecule has 0 saturated heterocycles. The molecule has 0 aliphatic carbocycles. The Kier molecular flexibility index (Phi) is 3.77. The molecule has 2 aromatic rings. The highest BCUT2D eigenvalue weighted by Gasteiger charge is 2.07. The molecule has 0 spiro atoms. The quantitative estimate of drug-likeness (QED) is 0.793. The lowest BCUT2D eigenvalue weighted by Crippen LogP contribution is -2.04. The first-order chi connectivity index (χ1) is 8.72. The standard InChI is InChI=1S/C14H16N2O2/c1-2-3-7-15-13-12-9-11(14(17)18)5-4-10(12)6-8-16-13/h4-6,8-9H,2-3,7H2,1H3,(H,15,16)(H,17,18). The molecule has 0 unspecified atom stereocenters. The van der Waals surface area contributed by atoms with Crippen LogP contribution in [-0.4, -0.2) is 22.6 Å². The molecule has 0 bridgehead atoms. The van der Waals surface area contributed by atoms with Crippen LogP contribution in [0.1, 0.15) is 30.1 Å². The summed E-state index contributed by atoms with van der Waals surface area (Å²) < 4.78 is 0. The van der Waals surface area contributed by atoms with Crippen LogP contribution in [-0.2, 0) is 0 Å². The number of hydrogen-bond donors (Lipinski definition) is 2. The molecule has 0 radical (unpaired) electrons. The molecule has 18 heavy (non-hydrogen) atoms. The first-order valence-electron chi connectivity index (χ1n) is 6.08. The van der Waals surface area contributed by atoms with Crippen molar-refractivity contribution < 1.29 is 9.90 Å². The SMILES string of the molecule is CCCCNc1nccc2ccc(C(=O)O)cc12. The summed E-state index contributed by atoms with van der Waals surface area (Å²) >= 11 is 0. The Morgan fingerprint density at radius 2 is 2.22 bits per heavy atom. The maximum Gasteiger partial charge on any atom is 0.335 e. The van der Waals surface area contributed by atoms with Crippen LogP contribution in [0.4, 0.5) is 5.82 Å². The van der Waals surface area contributed by atoms with Crippen molar-refractivity contribution in [1.29, 1.82) is 0 Å². The van der Waals surface area contributed by atoms with Crippen LogP contribution in [0.3, 0.4) is 0 Å². The van der Waals surface area contributed by atoms with Crippen LogP contribution in [0.25, 0.3) is 10.8 Å². The molecule has 1 aromatic carbocycles. The Hall–Kier alpha value is -2.10. The monoisotopic (exact) mass is 244 g/mol. The van der Waals surface area contributed by atoms with E-state index in [-0.39, 0.29) is 5.56 Å². The molecule has 94 valence electrons. The van der Waals surface area contributed by atoms with Gasteiger partial charge in [0.05, 0.1) is 5.56 Å². The first-order valence-corrected chi connectivity index (χ1v) is 6.08. The van der Waals surface area contributed by atoms with E-state index in [0.29, 0.717) is 0 Å². The molecule has 1 aromatic heterocycles. The number of rotatable bonds is 5. The fourth-order valence-electron chi connectivity index (χ4n) is 1.83. The number of aromatic nitrogens is 1. The minimum absolute atomic E-state index is 0.286. The van der Waals surface area contributed by atoms with Crippen LogP contribution in [0.2, 0.25) is 0 Å². The molecular weight excluding hydrogens is 228 g/mol. The number of unbranched alkanes of at least 4 members (excludes halogenated alkanes) is 1.